The van der Waals surface area contributed by atoms with Gasteiger partial charge >= 0.3 is 0 Å². The van der Waals surface area contributed by atoms with Crippen molar-refractivity contribution in [3.63, 3.8) is 0 Å². The van der Waals surface area contributed by atoms with Gasteiger partial charge in [-0.25, -0.2) is 0 Å². The molecular formula is C11H13BrN2O. The fourth-order valence-corrected chi connectivity index (χ4v) is 2.33. The first-order valence-electron chi connectivity index (χ1n) is 4.85. The van der Waals surface area contributed by atoms with Crippen molar-refractivity contribution in [2.24, 2.45) is 0 Å². The van der Waals surface area contributed by atoms with Crippen molar-refractivity contribution in [3.05, 3.63) is 22.8 Å². The highest BCUT2D eigenvalue weighted by Crippen LogP contribution is 2.29. The molecule has 0 N–H and O–H groups in total. The van der Waals surface area contributed by atoms with E-state index in [4.69, 9.17) is 4.74 Å². The zero-order valence-corrected chi connectivity index (χ0v) is 10.6. The largest absolute Gasteiger partial charge is 0.497 e. The summed E-state index contributed by atoms with van der Waals surface area (Å²) in [6, 6.07) is 6.23. The lowest BCUT2D eigenvalue weighted by Crippen LogP contribution is -2.02. The molecule has 0 aliphatic carbocycles. The van der Waals surface area contributed by atoms with Gasteiger partial charge in [0.25, 0.3) is 0 Å². The summed E-state index contributed by atoms with van der Waals surface area (Å²) in [6.45, 7) is 4.21. The molecule has 0 spiro atoms. The number of hydrogen-bond donors (Lipinski definition) is 0. The number of hydrogen-bond acceptors (Lipinski definition) is 2. The fraction of sp³-hybridized carbons (Fsp3) is 0.364. The molecule has 0 saturated heterocycles. The van der Waals surface area contributed by atoms with Crippen LogP contribution in [0, 0.1) is 0 Å². The minimum absolute atomic E-state index is 0.345. The molecule has 0 amide bonds. The standard InChI is InChI=1S/C11H13BrN2O/c1-7(2)14-11(12)9-6-8(15-3)4-5-10(9)13-14/h4-7H,1-3H3. The summed E-state index contributed by atoms with van der Waals surface area (Å²) < 4.78 is 8.16. The highest BCUT2D eigenvalue weighted by atomic mass is 79.9. The van der Waals surface area contributed by atoms with E-state index in [2.05, 4.69) is 34.9 Å². The quantitative estimate of drug-likeness (QED) is 0.835. The molecule has 0 bridgehead atoms. The summed E-state index contributed by atoms with van der Waals surface area (Å²) in [5.41, 5.74) is 0.983. The number of nitrogens with zero attached hydrogens (tertiary/aromatic N) is 2. The molecule has 0 atom stereocenters. The van der Waals surface area contributed by atoms with Gasteiger partial charge in [-0.3, -0.25) is 4.68 Å². The summed E-state index contributed by atoms with van der Waals surface area (Å²) in [6.07, 6.45) is 0. The van der Waals surface area contributed by atoms with E-state index in [1.54, 1.807) is 7.11 Å². The van der Waals surface area contributed by atoms with Crippen LogP contribution in [0.25, 0.3) is 10.9 Å². The SMILES string of the molecule is COc1ccc2nn(C(C)C)c(Br)c2c1. The van der Waals surface area contributed by atoms with E-state index in [1.165, 1.54) is 0 Å². The van der Waals surface area contributed by atoms with E-state index in [1.807, 2.05) is 22.9 Å². The molecule has 80 valence electrons. The van der Waals surface area contributed by atoms with Crippen LogP contribution in [0.2, 0.25) is 0 Å². The van der Waals surface area contributed by atoms with E-state index in [-0.39, 0.29) is 0 Å². The lowest BCUT2D eigenvalue weighted by molar-refractivity contribution is 0.415. The molecule has 1 aromatic heterocycles. The second-order valence-corrected chi connectivity index (χ2v) is 4.46. The molecular weight excluding hydrogens is 256 g/mol. The van der Waals surface area contributed by atoms with Crippen molar-refractivity contribution in [2.75, 3.05) is 7.11 Å². The molecule has 1 aromatic carbocycles. The third kappa shape index (κ3) is 1.74. The Kier molecular flexibility index (Phi) is 2.69. The molecule has 0 saturated carbocycles. The molecule has 0 aliphatic rings. The zero-order valence-electron chi connectivity index (χ0n) is 8.99. The van der Waals surface area contributed by atoms with Crippen LogP contribution in [0.3, 0.4) is 0 Å². The van der Waals surface area contributed by atoms with Crippen LogP contribution in [0.4, 0.5) is 0 Å². The smallest absolute Gasteiger partial charge is 0.119 e. The molecule has 1 heterocycles. The number of ether oxygens (including phenoxy) is 1. The van der Waals surface area contributed by atoms with Gasteiger partial charge in [0.2, 0.25) is 0 Å². The van der Waals surface area contributed by atoms with E-state index in [0.29, 0.717) is 6.04 Å². The summed E-state index contributed by atoms with van der Waals surface area (Å²) in [7, 11) is 1.67. The van der Waals surface area contributed by atoms with Gasteiger partial charge in [0.15, 0.2) is 0 Å². The van der Waals surface area contributed by atoms with Gasteiger partial charge in [-0.2, -0.15) is 5.10 Å². The zero-order chi connectivity index (χ0) is 11.0. The monoisotopic (exact) mass is 268 g/mol. The van der Waals surface area contributed by atoms with E-state index in [0.717, 1.165) is 21.3 Å². The van der Waals surface area contributed by atoms with Crippen molar-refractivity contribution >= 4 is 26.8 Å². The molecule has 0 radical (unpaired) electrons. The first-order chi connectivity index (χ1) is 7.13. The van der Waals surface area contributed by atoms with Crippen molar-refractivity contribution in [1.82, 2.24) is 9.78 Å². The summed E-state index contributed by atoms with van der Waals surface area (Å²) in [4.78, 5) is 0. The molecule has 15 heavy (non-hydrogen) atoms. The first kappa shape index (κ1) is 10.5. The van der Waals surface area contributed by atoms with Gasteiger partial charge in [0.05, 0.1) is 12.6 Å². The molecule has 0 unspecified atom stereocenters. The normalized spacial score (nSPS) is 11.3. The van der Waals surface area contributed by atoms with Gasteiger partial charge in [0.1, 0.15) is 10.4 Å². The average Bonchev–Trinajstić information content (AvgIpc) is 2.56. The number of methoxy groups -OCH3 is 1. The van der Waals surface area contributed by atoms with E-state index < -0.39 is 0 Å². The number of fused-ring (bicyclic) bond motifs is 1. The van der Waals surface area contributed by atoms with Gasteiger partial charge in [-0.05, 0) is 48.0 Å². The van der Waals surface area contributed by atoms with E-state index >= 15 is 0 Å². The highest BCUT2D eigenvalue weighted by molar-refractivity contribution is 9.10. The van der Waals surface area contributed by atoms with Gasteiger partial charge in [-0.15, -0.1) is 0 Å². The Balaban J connectivity index is 2.66. The third-order valence-corrected chi connectivity index (χ3v) is 3.12. The van der Waals surface area contributed by atoms with Gasteiger partial charge < -0.3 is 4.74 Å². The van der Waals surface area contributed by atoms with Crippen molar-refractivity contribution in [1.29, 1.82) is 0 Å². The van der Waals surface area contributed by atoms with Gasteiger partial charge in [0, 0.05) is 11.4 Å². The van der Waals surface area contributed by atoms with Crippen LogP contribution in [0.5, 0.6) is 5.75 Å². The highest BCUT2D eigenvalue weighted by Gasteiger charge is 2.11. The van der Waals surface area contributed by atoms with Crippen molar-refractivity contribution in [2.45, 2.75) is 19.9 Å². The molecule has 3 nitrogen and oxygen atoms in total. The summed E-state index contributed by atoms with van der Waals surface area (Å²) in [5.74, 6) is 0.853. The number of rotatable bonds is 2. The van der Waals surface area contributed by atoms with Crippen LogP contribution >= 0.6 is 15.9 Å². The molecule has 4 heteroatoms. The Bertz CT molecular complexity index is 491. The maximum Gasteiger partial charge on any atom is 0.119 e. The number of halogens is 1. The molecule has 0 aliphatic heterocycles. The second-order valence-electron chi connectivity index (χ2n) is 3.71. The lowest BCUT2D eigenvalue weighted by Gasteiger charge is -2.05. The lowest BCUT2D eigenvalue weighted by atomic mass is 10.2. The van der Waals surface area contributed by atoms with Crippen LogP contribution in [-0.2, 0) is 0 Å². The van der Waals surface area contributed by atoms with Crippen LogP contribution in [0.1, 0.15) is 19.9 Å². The maximum atomic E-state index is 5.19. The second kappa shape index (κ2) is 3.85. The Morgan fingerprint density at radius 2 is 2.13 bits per heavy atom. The molecule has 2 rings (SSSR count). The van der Waals surface area contributed by atoms with Crippen LogP contribution in [0.15, 0.2) is 22.8 Å². The predicted molar refractivity (Wildman–Crippen MR) is 64.4 cm³/mol. The average molecular weight is 269 g/mol. The van der Waals surface area contributed by atoms with Crippen LogP contribution < -0.4 is 4.74 Å². The Morgan fingerprint density at radius 1 is 1.40 bits per heavy atom. The Labute approximate surface area is 97.2 Å². The maximum absolute atomic E-state index is 5.19. The number of benzene rings is 1. The van der Waals surface area contributed by atoms with Crippen molar-refractivity contribution < 1.29 is 4.74 Å². The summed E-state index contributed by atoms with van der Waals surface area (Å²) in [5, 5.41) is 5.59. The topological polar surface area (TPSA) is 27.1 Å². The minimum Gasteiger partial charge on any atom is -0.497 e. The van der Waals surface area contributed by atoms with Crippen molar-refractivity contribution in [3.8, 4) is 5.75 Å². The summed E-state index contributed by atoms with van der Waals surface area (Å²) >= 11 is 3.56. The van der Waals surface area contributed by atoms with E-state index in [9.17, 15) is 0 Å². The Morgan fingerprint density at radius 3 is 2.73 bits per heavy atom. The predicted octanol–water partition coefficient (Wildman–Crippen LogP) is 3.39. The molecule has 2 aromatic rings. The first-order valence-corrected chi connectivity index (χ1v) is 5.64. The minimum atomic E-state index is 0.345. The van der Waals surface area contributed by atoms with Gasteiger partial charge in [-0.1, -0.05) is 0 Å². The molecule has 0 fully saturated rings. The Hall–Kier alpha value is -1.03. The van der Waals surface area contributed by atoms with Crippen LogP contribution in [-0.4, -0.2) is 16.9 Å². The fourth-order valence-electron chi connectivity index (χ4n) is 1.52. The number of aromatic nitrogens is 2. The third-order valence-electron chi connectivity index (χ3n) is 2.33.